The molecule has 1 aromatic rings. The number of amides is 1. The number of aliphatic hydroxyl groups excluding tert-OH is 2. The summed E-state index contributed by atoms with van der Waals surface area (Å²) >= 11 is 0. The number of halogens is 1. The number of ether oxygens (including phenoxy) is 1. The minimum Gasteiger partial charge on any atom is -0.467 e. The summed E-state index contributed by atoms with van der Waals surface area (Å²) in [6.07, 6.45) is -3.74. The fourth-order valence-electron chi connectivity index (χ4n) is 1.42. The van der Waals surface area contributed by atoms with Gasteiger partial charge in [-0.05, 0) is 23.8 Å². The Hall–Kier alpha value is -1.99. The molecule has 0 bridgehead atoms. The molecule has 1 aromatic carbocycles. The van der Waals surface area contributed by atoms with Crippen molar-refractivity contribution in [3.63, 3.8) is 0 Å². The lowest BCUT2D eigenvalue weighted by molar-refractivity contribution is -0.156. The summed E-state index contributed by atoms with van der Waals surface area (Å²) in [6.45, 7) is 0. The van der Waals surface area contributed by atoms with Crippen LogP contribution in [0.15, 0.2) is 18.2 Å². The second kappa shape index (κ2) is 5.56. The molecule has 0 aliphatic carbocycles. The highest BCUT2D eigenvalue weighted by molar-refractivity contribution is 5.94. The molecule has 0 aliphatic heterocycles. The molecule has 2 atom stereocenters. The number of carbonyl (C=O) groups is 2. The zero-order valence-corrected chi connectivity index (χ0v) is 9.46. The normalized spacial score (nSPS) is 13.8. The van der Waals surface area contributed by atoms with Crippen LogP contribution in [0.1, 0.15) is 22.0 Å². The van der Waals surface area contributed by atoms with Gasteiger partial charge in [0.25, 0.3) is 0 Å². The molecule has 0 fully saturated rings. The van der Waals surface area contributed by atoms with Gasteiger partial charge < -0.3 is 20.7 Å². The topological polar surface area (TPSA) is 110 Å². The van der Waals surface area contributed by atoms with Gasteiger partial charge in [0.1, 0.15) is 11.9 Å². The number of esters is 1. The van der Waals surface area contributed by atoms with E-state index in [0.29, 0.717) is 0 Å². The van der Waals surface area contributed by atoms with Crippen LogP contribution in [0.25, 0.3) is 0 Å². The monoisotopic (exact) mass is 257 g/mol. The van der Waals surface area contributed by atoms with Crippen molar-refractivity contribution in [1.82, 2.24) is 0 Å². The van der Waals surface area contributed by atoms with Crippen LogP contribution in [0.5, 0.6) is 0 Å². The van der Waals surface area contributed by atoms with E-state index in [1.807, 2.05) is 0 Å². The Morgan fingerprint density at radius 3 is 2.50 bits per heavy atom. The van der Waals surface area contributed by atoms with Gasteiger partial charge in [-0.1, -0.05) is 0 Å². The van der Waals surface area contributed by atoms with Gasteiger partial charge in [-0.25, -0.2) is 9.18 Å². The number of methoxy groups -OCH3 is 1. The highest BCUT2D eigenvalue weighted by Crippen LogP contribution is 2.22. The van der Waals surface area contributed by atoms with Gasteiger partial charge in [0, 0.05) is 5.56 Å². The predicted molar refractivity (Wildman–Crippen MR) is 57.9 cm³/mol. The number of hydrogen-bond acceptors (Lipinski definition) is 5. The molecule has 1 amide bonds. The summed E-state index contributed by atoms with van der Waals surface area (Å²) in [6, 6.07) is 2.85. The van der Waals surface area contributed by atoms with Gasteiger partial charge in [-0.2, -0.15) is 0 Å². The Labute approximate surface area is 102 Å². The van der Waals surface area contributed by atoms with Crippen molar-refractivity contribution in [2.45, 2.75) is 12.2 Å². The molecular weight excluding hydrogens is 245 g/mol. The Bertz CT molecular complexity index is 477. The number of hydrogen-bond donors (Lipinski definition) is 3. The number of primary amides is 1. The number of aliphatic hydroxyl groups is 2. The van der Waals surface area contributed by atoms with Gasteiger partial charge in [0.2, 0.25) is 5.91 Å². The quantitative estimate of drug-likeness (QED) is 0.629. The maximum atomic E-state index is 13.1. The number of carbonyl (C=O) groups excluding carboxylic acids is 2. The molecule has 0 aliphatic rings. The van der Waals surface area contributed by atoms with Crippen LogP contribution in [0.4, 0.5) is 4.39 Å². The number of rotatable bonds is 4. The molecule has 98 valence electrons. The molecule has 0 saturated carbocycles. The van der Waals surface area contributed by atoms with E-state index in [4.69, 9.17) is 5.73 Å². The Kier molecular flexibility index (Phi) is 4.35. The molecule has 6 nitrogen and oxygen atoms in total. The van der Waals surface area contributed by atoms with E-state index in [2.05, 4.69) is 4.74 Å². The van der Waals surface area contributed by atoms with Crippen molar-refractivity contribution in [2.75, 3.05) is 7.11 Å². The molecule has 0 spiro atoms. The first-order valence-corrected chi connectivity index (χ1v) is 4.91. The lowest BCUT2D eigenvalue weighted by Crippen LogP contribution is -2.30. The van der Waals surface area contributed by atoms with E-state index in [1.165, 1.54) is 0 Å². The first-order valence-electron chi connectivity index (χ1n) is 4.91. The fraction of sp³-hybridized carbons (Fsp3) is 0.273. The maximum absolute atomic E-state index is 13.1. The van der Waals surface area contributed by atoms with Crippen molar-refractivity contribution >= 4 is 11.9 Å². The molecule has 1 rings (SSSR count). The summed E-state index contributed by atoms with van der Waals surface area (Å²) in [5.74, 6) is -2.77. The maximum Gasteiger partial charge on any atom is 0.337 e. The van der Waals surface area contributed by atoms with Crippen LogP contribution >= 0.6 is 0 Å². The van der Waals surface area contributed by atoms with Gasteiger partial charge >= 0.3 is 5.97 Å². The Morgan fingerprint density at radius 2 is 2.00 bits per heavy atom. The smallest absolute Gasteiger partial charge is 0.337 e. The van der Waals surface area contributed by atoms with Gasteiger partial charge in [0.05, 0.1) is 7.11 Å². The lowest BCUT2D eigenvalue weighted by atomic mass is 9.98. The summed E-state index contributed by atoms with van der Waals surface area (Å²) in [7, 11) is 1.01. The lowest BCUT2D eigenvalue weighted by Gasteiger charge is -2.18. The summed E-state index contributed by atoms with van der Waals surface area (Å²) in [4.78, 5) is 22.1. The molecule has 18 heavy (non-hydrogen) atoms. The summed E-state index contributed by atoms with van der Waals surface area (Å²) in [5.41, 5.74) is 4.58. The highest BCUT2D eigenvalue weighted by atomic mass is 19.1. The van der Waals surface area contributed by atoms with Crippen LogP contribution in [-0.2, 0) is 9.53 Å². The van der Waals surface area contributed by atoms with Crippen LogP contribution in [0.3, 0.4) is 0 Å². The second-order valence-corrected chi connectivity index (χ2v) is 3.51. The first kappa shape index (κ1) is 14.1. The zero-order chi connectivity index (χ0) is 13.9. The van der Waals surface area contributed by atoms with Gasteiger partial charge in [0.15, 0.2) is 6.10 Å². The molecular formula is C11H12FNO5. The van der Waals surface area contributed by atoms with E-state index in [9.17, 15) is 24.2 Å². The van der Waals surface area contributed by atoms with E-state index >= 15 is 0 Å². The van der Waals surface area contributed by atoms with Crippen molar-refractivity contribution in [1.29, 1.82) is 0 Å². The standard InChI is InChI=1S/C11H12FNO5/c1-18-11(17)9(15)8(14)7-4-5(12)2-3-6(7)10(13)16/h2-4,8-9,14-15H,1H3,(H2,13,16). The Balaban J connectivity index is 3.18. The molecule has 2 unspecified atom stereocenters. The van der Waals surface area contributed by atoms with Crippen LogP contribution in [0.2, 0.25) is 0 Å². The van der Waals surface area contributed by atoms with Crippen LogP contribution < -0.4 is 5.73 Å². The SMILES string of the molecule is COC(=O)C(O)C(O)c1cc(F)ccc1C(N)=O. The first-order chi connectivity index (χ1) is 8.38. The molecule has 0 radical (unpaired) electrons. The van der Waals surface area contributed by atoms with Crippen molar-refractivity contribution in [3.05, 3.63) is 35.1 Å². The minimum atomic E-state index is -1.94. The zero-order valence-electron chi connectivity index (χ0n) is 9.46. The largest absolute Gasteiger partial charge is 0.467 e. The van der Waals surface area contributed by atoms with E-state index in [0.717, 1.165) is 25.3 Å². The predicted octanol–water partition coefficient (Wildman–Crippen LogP) is -0.508. The molecule has 7 heteroatoms. The van der Waals surface area contributed by atoms with Crippen molar-refractivity contribution in [2.24, 2.45) is 5.73 Å². The average molecular weight is 257 g/mol. The second-order valence-electron chi connectivity index (χ2n) is 3.51. The van der Waals surface area contributed by atoms with Crippen molar-refractivity contribution in [3.8, 4) is 0 Å². The molecule has 0 heterocycles. The highest BCUT2D eigenvalue weighted by Gasteiger charge is 2.29. The van der Waals surface area contributed by atoms with Crippen LogP contribution in [-0.4, -0.2) is 35.3 Å². The molecule has 0 aromatic heterocycles. The number of nitrogens with two attached hydrogens (primary N) is 1. The van der Waals surface area contributed by atoms with E-state index in [-0.39, 0.29) is 11.1 Å². The average Bonchev–Trinajstić information content (AvgIpc) is 2.35. The van der Waals surface area contributed by atoms with E-state index < -0.39 is 29.9 Å². The third-order valence-electron chi connectivity index (χ3n) is 2.34. The molecule has 0 saturated heterocycles. The summed E-state index contributed by atoms with van der Waals surface area (Å²) < 4.78 is 17.3. The van der Waals surface area contributed by atoms with Gasteiger partial charge in [-0.15, -0.1) is 0 Å². The summed E-state index contributed by atoms with van der Waals surface area (Å²) in [5, 5.41) is 19.2. The van der Waals surface area contributed by atoms with Crippen LogP contribution in [0, 0.1) is 5.82 Å². The third kappa shape index (κ3) is 2.82. The number of benzene rings is 1. The molecule has 4 N–H and O–H groups in total. The van der Waals surface area contributed by atoms with Crippen molar-refractivity contribution < 1.29 is 28.9 Å². The van der Waals surface area contributed by atoms with E-state index in [1.54, 1.807) is 0 Å². The minimum absolute atomic E-state index is 0.188. The fourth-order valence-corrected chi connectivity index (χ4v) is 1.42. The Morgan fingerprint density at radius 1 is 1.39 bits per heavy atom. The third-order valence-corrected chi connectivity index (χ3v) is 2.34. The van der Waals surface area contributed by atoms with Gasteiger partial charge in [-0.3, -0.25) is 4.79 Å².